The second-order valence-corrected chi connectivity index (χ2v) is 9.77. The molecular weight excluding hydrogens is 411 g/mol. The van der Waals surface area contributed by atoms with E-state index < -0.39 is 17.6 Å². The van der Waals surface area contributed by atoms with Crippen LogP contribution in [0.4, 0.5) is 19.2 Å². The lowest BCUT2D eigenvalue weighted by Crippen LogP contribution is -2.64. The lowest BCUT2D eigenvalue weighted by atomic mass is 9.75. The van der Waals surface area contributed by atoms with Gasteiger partial charge in [-0.1, -0.05) is 5.16 Å². The average molecular weight is 441 g/mol. The van der Waals surface area contributed by atoms with Gasteiger partial charge in [-0.3, -0.25) is 4.79 Å². The molecule has 172 valence electrons. The lowest BCUT2D eigenvalue weighted by molar-refractivity contribution is -0.220. The number of likely N-dealkylation sites (tertiary alicyclic amines) is 1. The monoisotopic (exact) mass is 441 g/mol. The molecule has 5 rings (SSSR count). The van der Waals surface area contributed by atoms with Crippen LogP contribution in [0.25, 0.3) is 0 Å². The van der Waals surface area contributed by atoms with Crippen molar-refractivity contribution in [3.05, 3.63) is 5.82 Å². The van der Waals surface area contributed by atoms with E-state index in [4.69, 9.17) is 4.52 Å². The summed E-state index contributed by atoms with van der Waals surface area (Å²) >= 11 is 0. The van der Waals surface area contributed by atoms with Crippen LogP contribution in [0.3, 0.4) is 0 Å². The number of aromatic nitrogens is 2. The second kappa shape index (κ2) is 7.64. The van der Waals surface area contributed by atoms with Gasteiger partial charge in [-0.05, 0) is 77.8 Å². The van der Waals surface area contributed by atoms with Gasteiger partial charge in [0.25, 0.3) is 0 Å². The Labute approximate surface area is 179 Å². The van der Waals surface area contributed by atoms with Crippen molar-refractivity contribution in [2.75, 3.05) is 18.0 Å². The van der Waals surface area contributed by atoms with E-state index in [1.807, 2.05) is 6.92 Å². The highest BCUT2D eigenvalue weighted by atomic mass is 19.4. The Kier molecular flexibility index (Phi) is 5.18. The summed E-state index contributed by atoms with van der Waals surface area (Å²) in [5.74, 6) is -0.0985. The number of halogens is 3. The molecule has 31 heavy (non-hydrogen) atoms. The molecule has 2 unspecified atom stereocenters. The number of anilines is 1. The summed E-state index contributed by atoms with van der Waals surface area (Å²) in [6, 6.07) is 1.83. The number of alkyl halides is 3. The van der Waals surface area contributed by atoms with Gasteiger partial charge in [0.15, 0.2) is 5.82 Å². The van der Waals surface area contributed by atoms with Crippen LogP contribution < -0.4 is 10.2 Å². The maximum Gasteiger partial charge on any atom is 0.411 e. The first-order chi connectivity index (χ1) is 14.8. The van der Waals surface area contributed by atoms with Crippen molar-refractivity contribution in [2.24, 2.45) is 5.92 Å². The van der Waals surface area contributed by atoms with Crippen LogP contribution in [0.15, 0.2) is 4.52 Å². The number of rotatable bonds is 4. The molecule has 4 aliphatic rings. The highest BCUT2D eigenvalue weighted by molar-refractivity contribution is 5.79. The number of carbonyl (C=O) groups excluding carboxylic acids is 1. The van der Waals surface area contributed by atoms with Crippen LogP contribution in [0.5, 0.6) is 0 Å². The molecule has 1 amide bonds. The van der Waals surface area contributed by atoms with E-state index in [0.29, 0.717) is 49.2 Å². The molecule has 4 fully saturated rings. The van der Waals surface area contributed by atoms with Gasteiger partial charge in [-0.15, -0.1) is 0 Å². The lowest BCUT2D eigenvalue weighted by Gasteiger charge is -2.46. The molecule has 10 heteroatoms. The predicted octanol–water partition coefficient (Wildman–Crippen LogP) is 3.19. The summed E-state index contributed by atoms with van der Waals surface area (Å²) in [7, 11) is 0. The van der Waals surface area contributed by atoms with E-state index in [-0.39, 0.29) is 18.8 Å². The molecule has 2 bridgehead atoms. The molecule has 1 N–H and O–H groups in total. The fourth-order valence-corrected chi connectivity index (χ4v) is 6.02. The number of amides is 1. The first-order valence-corrected chi connectivity index (χ1v) is 11.5. The van der Waals surface area contributed by atoms with Crippen molar-refractivity contribution in [2.45, 2.75) is 94.6 Å². The predicted molar refractivity (Wildman–Crippen MR) is 106 cm³/mol. The van der Waals surface area contributed by atoms with Crippen LogP contribution in [-0.2, 0) is 4.79 Å². The van der Waals surface area contributed by atoms with Crippen molar-refractivity contribution in [3.63, 3.8) is 0 Å². The summed E-state index contributed by atoms with van der Waals surface area (Å²) in [4.78, 5) is 21.7. The molecule has 1 aromatic rings. The average Bonchev–Trinajstić information content (AvgIpc) is 3.23. The molecule has 1 aliphatic carbocycles. The van der Waals surface area contributed by atoms with Gasteiger partial charge in [-0.25, -0.2) is 0 Å². The minimum Gasteiger partial charge on any atom is -0.342 e. The van der Waals surface area contributed by atoms with Gasteiger partial charge in [0, 0.05) is 24.0 Å². The Balaban J connectivity index is 1.15. The Morgan fingerprint density at radius 3 is 2.23 bits per heavy atom. The molecule has 2 atom stereocenters. The molecule has 1 aromatic heterocycles. The minimum absolute atomic E-state index is 0.00199. The zero-order valence-corrected chi connectivity index (χ0v) is 17.8. The number of nitrogens with zero attached hydrogens (tertiary/aromatic N) is 4. The van der Waals surface area contributed by atoms with Crippen LogP contribution in [-0.4, -0.2) is 63.9 Å². The smallest absolute Gasteiger partial charge is 0.342 e. The van der Waals surface area contributed by atoms with Gasteiger partial charge in [0.2, 0.25) is 5.91 Å². The van der Waals surface area contributed by atoms with Gasteiger partial charge in [-0.2, -0.15) is 18.2 Å². The molecule has 7 nitrogen and oxygen atoms in total. The summed E-state index contributed by atoms with van der Waals surface area (Å²) in [5.41, 5.74) is -1.99. The third-order valence-electron chi connectivity index (χ3n) is 7.97. The van der Waals surface area contributed by atoms with Crippen molar-refractivity contribution in [1.29, 1.82) is 0 Å². The van der Waals surface area contributed by atoms with Gasteiger partial charge < -0.3 is 19.6 Å². The van der Waals surface area contributed by atoms with E-state index >= 15 is 0 Å². The molecule has 4 heterocycles. The zero-order chi connectivity index (χ0) is 21.8. The van der Waals surface area contributed by atoms with E-state index in [0.717, 1.165) is 38.8 Å². The van der Waals surface area contributed by atoms with Crippen molar-refractivity contribution < 1.29 is 22.5 Å². The second-order valence-electron chi connectivity index (χ2n) is 9.77. The number of carbonyl (C=O) groups is 1. The minimum atomic E-state index is -4.37. The zero-order valence-electron chi connectivity index (χ0n) is 17.8. The normalized spacial score (nSPS) is 31.5. The number of hydrogen-bond acceptors (Lipinski definition) is 6. The fraction of sp³-hybridized carbons (Fsp3) is 0.857. The third kappa shape index (κ3) is 3.70. The number of fused-ring (bicyclic) bond motifs is 2. The Bertz CT molecular complexity index is 802. The summed E-state index contributed by atoms with van der Waals surface area (Å²) < 4.78 is 45.6. The van der Waals surface area contributed by atoms with Gasteiger partial charge >= 0.3 is 12.2 Å². The van der Waals surface area contributed by atoms with Crippen LogP contribution in [0.1, 0.15) is 63.6 Å². The van der Waals surface area contributed by atoms with Gasteiger partial charge in [0.1, 0.15) is 5.54 Å². The Morgan fingerprint density at radius 1 is 1.10 bits per heavy atom. The standard InChI is InChI=1S/C21H30F3N5O2/c1-13-25-19(31-27-13)29-15-3-4-16(29)12-17(11-15)28-9-5-14(6-10-28)18(30)26-20(7-2-8-20)21(22,23)24/h14-17H,2-12H2,1H3,(H,26,30). The van der Waals surface area contributed by atoms with Crippen LogP contribution in [0, 0.1) is 12.8 Å². The van der Waals surface area contributed by atoms with Gasteiger partial charge in [0.05, 0.1) is 0 Å². The van der Waals surface area contributed by atoms with Crippen LogP contribution in [0.2, 0.25) is 0 Å². The Hall–Kier alpha value is -1.84. The highest BCUT2D eigenvalue weighted by Gasteiger charge is 2.59. The molecule has 0 spiro atoms. The Morgan fingerprint density at radius 2 is 1.74 bits per heavy atom. The van der Waals surface area contributed by atoms with Crippen molar-refractivity contribution >= 4 is 11.9 Å². The molecule has 0 aromatic carbocycles. The van der Waals surface area contributed by atoms with E-state index in [9.17, 15) is 18.0 Å². The summed E-state index contributed by atoms with van der Waals surface area (Å²) in [6.45, 7) is 3.35. The van der Waals surface area contributed by atoms with Crippen molar-refractivity contribution in [1.82, 2.24) is 20.4 Å². The number of piperidine rings is 2. The highest BCUT2D eigenvalue weighted by Crippen LogP contribution is 2.45. The maximum absolute atomic E-state index is 13.4. The fourth-order valence-electron chi connectivity index (χ4n) is 6.02. The number of hydrogen-bond donors (Lipinski definition) is 1. The molecule has 3 aliphatic heterocycles. The first kappa shape index (κ1) is 21.0. The molecule has 1 saturated carbocycles. The third-order valence-corrected chi connectivity index (χ3v) is 7.97. The molecule has 0 radical (unpaired) electrons. The molecular formula is C21H30F3N5O2. The molecule has 3 saturated heterocycles. The first-order valence-electron chi connectivity index (χ1n) is 11.5. The number of aryl methyl sites for hydroxylation is 1. The maximum atomic E-state index is 13.4. The summed E-state index contributed by atoms with van der Waals surface area (Å²) in [6.07, 6.45) is 1.66. The van der Waals surface area contributed by atoms with Crippen LogP contribution >= 0.6 is 0 Å². The van der Waals surface area contributed by atoms with Crippen molar-refractivity contribution in [3.8, 4) is 0 Å². The topological polar surface area (TPSA) is 74.5 Å². The van der Waals surface area contributed by atoms with E-state index in [2.05, 4.69) is 25.3 Å². The summed E-state index contributed by atoms with van der Waals surface area (Å²) in [5, 5.41) is 6.30. The largest absolute Gasteiger partial charge is 0.411 e. The quantitative estimate of drug-likeness (QED) is 0.774. The SMILES string of the molecule is Cc1noc(N2C3CCC2CC(N2CCC(C(=O)NC4(C(F)(F)F)CCC4)CC2)C3)n1. The van der Waals surface area contributed by atoms with E-state index in [1.54, 1.807) is 0 Å². The number of nitrogens with one attached hydrogen (secondary N) is 1. The van der Waals surface area contributed by atoms with E-state index in [1.165, 1.54) is 0 Å².